The fourth-order valence-electron chi connectivity index (χ4n) is 8.11. The van der Waals surface area contributed by atoms with E-state index < -0.39 is 11.6 Å². The monoisotopic (exact) mass is 736 g/mol. The molecule has 2 aliphatic rings. The highest BCUT2D eigenvalue weighted by Crippen LogP contribution is 2.38. The molecule has 12 nitrogen and oxygen atoms in total. The molecule has 0 unspecified atom stereocenters. The Morgan fingerprint density at radius 1 is 0.927 bits per heavy atom. The van der Waals surface area contributed by atoms with Gasteiger partial charge in [0, 0.05) is 43.6 Å². The molecule has 55 heavy (non-hydrogen) atoms. The van der Waals surface area contributed by atoms with Crippen LogP contribution in [-0.2, 0) is 17.9 Å². The molecule has 0 saturated carbocycles. The van der Waals surface area contributed by atoms with Gasteiger partial charge in [-0.25, -0.2) is 15.0 Å². The first-order valence-electron chi connectivity index (χ1n) is 18.8. The Balaban J connectivity index is 1.06. The zero-order chi connectivity index (χ0) is 38.4. The van der Waals surface area contributed by atoms with Crippen LogP contribution in [0.4, 0.5) is 11.5 Å². The molecular weight excluding hydrogens is 693 g/mol. The number of piperidine rings is 1. The van der Waals surface area contributed by atoms with Crippen molar-refractivity contribution in [2.75, 3.05) is 31.5 Å². The third-order valence-corrected chi connectivity index (χ3v) is 11.1. The smallest absolute Gasteiger partial charge is 0.306 e. The summed E-state index contributed by atoms with van der Waals surface area (Å²) in [5.41, 5.74) is 10.1. The average molecular weight is 737 g/mol. The number of nitrogens with one attached hydrogen (secondary N) is 1. The second-order valence-electron chi connectivity index (χ2n) is 15.4. The number of carboxylic acids is 1. The van der Waals surface area contributed by atoms with Gasteiger partial charge in [0.1, 0.15) is 22.9 Å². The average Bonchev–Trinajstić information content (AvgIpc) is 3.74. The quantitative estimate of drug-likeness (QED) is 0.136. The molecule has 8 rings (SSSR count). The summed E-state index contributed by atoms with van der Waals surface area (Å²) in [5.74, 6) is 0.689. The summed E-state index contributed by atoms with van der Waals surface area (Å²) in [6.45, 7) is 12.1. The molecular formula is C43H44N8O4. The van der Waals surface area contributed by atoms with Gasteiger partial charge in [0.15, 0.2) is 11.4 Å². The van der Waals surface area contributed by atoms with E-state index in [4.69, 9.17) is 24.4 Å². The number of aromatic nitrogens is 4. The van der Waals surface area contributed by atoms with Crippen molar-refractivity contribution in [3.05, 3.63) is 94.4 Å². The van der Waals surface area contributed by atoms with Gasteiger partial charge >= 0.3 is 5.97 Å². The van der Waals surface area contributed by atoms with Gasteiger partial charge in [0.25, 0.3) is 0 Å². The Morgan fingerprint density at radius 2 is 1.64 bits per heavy atom. The normalized spacial score (nSPS) is 18.3. The summed E-state index contributed by atoms with van der Waals surface area (Å²) in [7, 11) is 0. The number of likely N-dealkylation sites (tertiary alicyclic amines) is 2. The van der Waals surface area contributed by atoms with Gasteiger partial charge in [0.2, 0.25) is 5.89 Å². The minimum atomic E-state index is -0.731. The highest BCUT2D eigenvalue weighted by molar-refractivity contribution is 5.90. The van der Waals surface area contributed by atoms with E-state index in [-0.39, 0.29) is 5.92 Å². The third-order valence-electron chi connectivity index (χ3n) is 11.1. The number of nitriles is 1. The molecule has 2 aliphatic heterocycles. The van der Waals surface area contributed by atoms with Crippen molar-refractivity contribution in [2.45, 2.75) is 65.6 Å². The van der Waals surface area contributed by atoms with E-state index in [1.807, 2.05) is 56.4 Å². The number of β-amino-alcohol motifs (C(OH)–C–C–N with tert-alkyl or cyclic N) is 1. The minimum absolute atomic E-state index is 0.297. The van der Waals surface area contributed by atoms with E-state index >= 15 is 0 Å². The number of anilines is 2. The summed E-state index contributed by atoms with van der Waals surface area (Å²) in [5, 5.41) is 33.4. The number of oxazole rings is 1. The van der Waals surface area contributed by atoms with E-state index in [9.17, 15) is 20.3 Å². The number of rotatable bonds is 9. The Morgan fingerprint density at radius 3 is 2.36 bits per heavy atom. The van der Waals surface area contributed by atoms with Crippen LogP contribution in [0.3, 0.4) is 0 Å². The fraction of sp³-hybridized carbons (Fsp3) is 0.349. The van der Waals surface area contributed by atoms with Crippen LogP contribution >= 0.6 is 0 Å². The molecule has 0 spiro atoms. The largest absolute Gasteiger partial charge is 0.481 e. The lowest BCUT2D eigenvalue weighted by Gasteiger charge is -2.30. The van der Waals surface area contributed by atoms with Gasteiger partial charge in [-0.3, -0.25) is 19.6 Å². The van der Waals surface area contributed by atoms with E-state index in [1.54, 1.807) is 0 Å². The number of hydrogen-bond acceptors (Lipinski definition) is 11. The maximum atomic E-state index is 11.4. The molecule has 12 heteroatoms. The Kier molecular flexibility index (Phi) is 9.55. The SMILES string of the molecule is Cc1nc(Nc2cccc(-c3cccc(-c4nc5cc(CN6CCC(C(=O)O)CC6)cc(C#N)c5o4)c3C)c2C)c2ncc(CN3CC[C@](C)(O)C3)cc2n1. The highest BCUT2D eigenvalue weighted by Gasteiger charge is 2.31. The van der Waals surface area contributed by atoms with E-state index in [1.165, 1.54) is 0 Å². The molecule has 0 amide bonds. The Bertz CT molecular complexity index is 2500. The van der Waals surface area contributed by atoms with Crippen LogP contribution in [0.2, 0.25) is 0 Å². The lowest BCUT2D eigenvalue weighted by molar-refractivity contribution is -0.143. The van der Waals surface area contributed by atoms with Crippen molar-refractivity contribution in [1.29, 1.82) is 5.26 Å². The molecule has 0 radical (unpaired) electrons. The van der Waals surface area contributed by atoms with Crippen LogP contribution in [0.15, 0.2) is 65.2 Å². The Hall–Kier alpha value is -5.74. The molecule has 2 fully saturated rings. The second kappa shape index (κ2) is 14.5. The molecule has 6 aromatic rings. The van der Waals surface area contributed by atoms with E-state index in [2.05, 4.69) is 53.2 Å². The number of aliphatic hydroxyl groups is 1. The molecule has 2 saturated heterocycles. The van der Waals surface area contributed by atoms with E-state index in [0.717, 1.165) is 63.1 Å². The van der Waals surface area contributed by atoms with Gasteiger partial charge in [-0.1, -0.05) is 24.3 Å². The van der Waals surface area contributed by atoms with Gasteiger partial charge in [-0.05, 0) is 124 Å². The zero-order valence-corrected chi connectivity index (χ0v) is 31.6. The number of fused-ring (bicyclic) bond motifs is 2. The molecule has 3 aromatic heterocycles. The lowest BCUT2D eigenvalue weighted by Crippen LogP contribution is -2.35. The number of nitrogens with zero attached hydrogens (tertiary/aromatic N) is 7. The number of carboxylic acid groups (broad SMARTS) is 1. The number of carbonyl (C=O) groups is 1. The maximum absolute atomic E-state index is 11.4. The summed E-state index contributed by atoms with van der Waals surface area (Å²) in [6, 6.07) is 20.4. The van der Waals surface area contributed by atoms with Crippen molar-refractivity contribution < 1.29 is 19.4 Å². The van der Waals surface area contributed by atoms with Crippen LogP contribution in [0.5, 0.6) is 0 Å². The predicted octanol–water partition coefficient (Wildman–Crippen LogP) is 7.29. The van der Waals surface area contributed by atoms with Crippen molar-refractivity contribution in [3.63, 3.8) is 0 Å². The molecule has 1 atom stereocenters. The first kappa shape index (κ1) is 36.2. The number of aryl methyl sites for hydroxylation is 1. The van der Waals surface area contributed by atoms with Gasteiger partial charge in [-0.2, -0.15) is 5.26 Å². The summed E-state index contributed by atoms with van der Waals surface area (Å²) in [6.07, 6.45) is 3.86. The van der Waals surface area contributed by atoms with Crippen LogP contribution in [0.25, 0.3) is 44.7 Å². The molecule has 3 N–H and O–H groups in total. The Labute approximate surface area is 319 Å². The number of benzene rings is 3. The summed E-state index contributed by atoms with van der Waals surface area (Å²) >= 11 is 0. The second-order valence-corrected chi connectivity index (χ2v) is 15.4. The molecule has 280 valence electrons. The number of pyridine rings is 1. The molecule has 5 heterocycles. The molecule has 3 aromatic carbocycles. The number of aliphatic carboxylic acids is 1. The topological polar surface area (TPSA) is 165 Å². The first-order valence-corrected chi connectivity index (χ1v) is 18.8. The maximum Gasteiger partial charge on any atom is 0.306 e. The van der Waals surface area contributed by atoms with Crippen LogP contribution in [0.1, 0.15) is 59.8 Å². The zero-order valence-electron chi connectivity index (χ0n) is 31.6. The summed E-state index contributed by atoms with van der Waals surface area (Å²) < 4.78 is 6.31. The van der Waals surface area contributed by atoms with Crippen LogP contribution < -0.4 is 5.32 Å². The van der Waals surface area contributed by atoms with Crippen molar-refractivity contribution in [2.24, 2.45) is 5.92 Å². The van der Waals surface area contributed by atoms with Gasteiger partial charge in [0.05, 0.1) is 22.6 Å². The van der Waals surface area contributed by atoms with Crippen LogP contribution in [-0.4, -0.2) is 77.7 Å². The fourth-order valence-corrected chi connectivity index (χ4v) is 8.11. The lowest BCUT2D eigenvalue weighted by atomic mass is 9.93. The van der Waals surface area contributed by atoms with Gasteiger partial charge < -0.3 is 19.9 Å². The van der Waals surface area contributed by atoms with E-state index in [0.29, 0.717) is 85.3 Å². The predicted molar refractivity (Wildman–Crippen MR) is 211 cm³/mol. The summed E-state index contributed by atoms with van der Waals surface area (Å²) in [4.78, 5) is 35.0. The van der Waals surface area contributed by atoms with Crippen LogP contribution in [0, 0.1) is 38.0 Å². The standard InChI is InChI=1S/C43H44N8O4/c1-25-32(7-5-9-34(25)41-49-37-18-28(17-31(20-44)39(37)55-41)22-50-14-11-30(12-15-50)42(52)53)33-8-6-10-35(26(33)2)48-40-38-36(46-27(3)47-40)19-29(21-45-38)23-51-16-13-43(4,54)24-51/h5-10,17-19,21,30,54H,11-16,22-24H2,1-4H3,(H,52,53)(H,46,47,48)/t43-/m0/s1. The minimum Gasteiger partial charge on any atom is -0.481 e. The first-order chi connectivity index (χ1) is 26.4. The van der Waals surface area contributed by atoms with Gasteiger partial charge in [-0.15, -0.1) is 0 Å². The van der Waals surface area contributed by atoms with Crippen molar-refractivity contribution in [3.8, 4) is 28.7 Å². The number of hydrogen-bond donors (Lipinski definition) is 3. The van der Waals surface area contributed by atoms with Crippen molar-refractivity contribution >= 4 is 39.6 Å². The van der Waals surface area contributed by atoms with Crippen molar-refractivity contribution in [1.82, 2.24) is 29.7 Å². The molecule has 0 aliphatic carbocycles. The molecule has 0 bridgehead atoms. The third kappa shape index (κ3) is 7.38. The highest BCUT2D eigenvalue weighted by atomic mass is 16.4.